The molecule has 1 aliphatic heterocycles. The number of aryl methyl sites for hydroxylation is 1. The number of nitrogens with zero attached hydrogens (tertiary/aromatic N) is 4. The fourth-order valence-corrected chi connectivity index (χ4v) is 4.97. The maximum atomic E-state index is 12.9. The van der Waals surface area contributed by atoms with Gasteiger partial charge in [-0.2, -0.15) is 0 Å². The third kappa shape index (κ3) is 4.16. The summed E-state index contributed by atoms with van der Waals surface area (Å²) in [5.74, 6) is 0.449. The second-order valence-electron chi connectivity index (χ2n) is 8.82. The molecule has 1 aromatic heterocycles. The third-order valence-corrected chi connectivity index (χ3v) is 6.93. The molecule has 0 spiro atoms. The summed E-state index contributed by atoms with van der Waals surface area (Å²) in [7, 11) is 1.70. The molecule has 0 N–H and O–H groups in total. The Hall–Kier alpha value is -2.90. The van der Waals surface area contributed by atoms with Crippen LogP contribution in [-0.4, -0.2) is 56.9 Å². The van der Waals surface area contributed by atoms with Crippen LogP contribution in [-0.2, 0) is 23.2 Å². The van der Waals surface area contributed by atoms with Crippen molar-refractivity contribution >= 4 is 22.7 Å². The first-order chi connectivity index (χ1) is 14.9. The van der Waals surface area contributed by atoms with Gasteiger partial charge in [-0.15, -0.1) is 0 Å². The van der Waals surface area contributed by atoms with Crippen molar-refractivity contribution in [1.82, 2.24) is 18.9 Å². The number of hydrogen-bond acceptors (Lipinski definition) is 4. The van der Waals surface area contributed by atoms with E-state index in [1.807, 2.05) is 17.0 Å². The summed E-state index contributed by atoms with van der Waals surface area (Å²) in [4.78, 5) is 53.7. The molecule has 0 bridgehead atoms. The molecule has 1 saturated heterocycles. The quantitative estimate of drug-likeness (QED) is 0.738. The molecule has 1 saturated carbocycles. The number of carbonyl (C=O) groups excluding carboxylic acids is 2. The Labute approximate surface area is 181 Å². The summed E-state index contributed by atoms with van der Waals surface area (Å²) in [6, 6.07) is 7.18. The molecule has 0 unspecified atom stereocenters. The predicted octanol–water partition coefficient (Wildman–Crippen LogP) is 1.20. The van der Waals surface area contributed by atoms with E-state index in [2.05, 4.69) is 0 Å². The minimum Gasteiger partial charge on any atom is -0.339 e. The molecule has 8 heteroatoms. The van der Waals surface area contributed by atoms with Gasteiger partial charge >= 0.3 is 5.69 Å². The molecule has 31 heavy (non-hydrogen) atoms. The van der Waals surface area contributed by atoms with Gasteiger partial charge in [0.2, 0.25) is 11.8 Å². The molecule has 166 valence electrons. The van der Waals surface area contributed by atoms with Crippen molar-refractivity contribution in [1.29, 1.82) is 0 Å². The number of rotatable bonds is 3. The lowest BCUT2D eigenvalue weighted by atomic mass is 9.81. The minimum atomic E-state index is -0.287. The summed E-state index contributed by atoms with van der Waals surface area (Å²) >= 11 is 0. The van der Waals surface area contributed by atoms with Gasteiger partial charge < -0.3 is 9.80 Å². The number of amides is 2. The smallest absolute Gasteiger partial charge is 0.331 e. The molecule has 1 aliphatic carbocycles. The lowest BCUT2D eigenvalue weighted by Crippen LogP contribution is -2.51. The zero-order valence-corrected chi connectivity index (χ0v) is 18.2. The number of fused-ring (bicyclic) bond motifs is 1. The Kier molecular flexibility index (Phi) is 5.98. The van der Waals surface area contributed by atoms with Gasteiger partial charge in [0.25, 0.3) is 5.56 Å². The first-order valence-electron chi connectivity index (χ1n) is 11.1. The van der Waals surface area contributed by atoms with E-state index in [4.69, 9.17) is 0 Å². The van der Waals surface area contributed by atoms with Crippen LogP contribution in [0.4, 0.5) is 0 Å². The number of benzene rings is 1. The molecular formula is C23H30N4O4. The van der Waals surface area contributed by atoms with Gasteiger partial charge in [0.15, 0.2) is 0 Å². The number of aromatic nitrogens is 2. The van der Waals surface area contributed by atoms with Crippen molar-refractivity contribution in [2.45, 2.75) is 39.2 Å². The van der Waals surface area contributed by atoms with E-state index in [9.17, 15) is 19.2 Å². The van der Waals surface area contributed by atoms with E-state index in [-0.39, 0.29) is 34.9 Å². The summed E-state index contributed by atoms with van der Waals surface area (Å²) in [5, 5.41) is 0.554. The lowest BCUT2D eigenvalue weighted by Gasteiger charge is -2.37. The topological polar surface area (TPSA) is 84.6 Å². The predicted molar refractivity (Wildman–Crippen MR) is 118 cm³/mol. The lowest BCUT2D eigenvalue weighted by molar-refractivity contribution is -0.142. The third-order valence-electron chi connectivity index (χ3n) is 6.93. The van der Waals surface area contributed by atoms with Crippen LogP contribution in [0.2, 0.25) is 0 Å². The molecule has 0 radical (unpaired) electrons. The largest absolute Gasteiger partial charge is 0.339 e. The number of carbonyl (C=O) groups is 2. The number of para-hydroxylation sites is 1. The molecule has 4 rings (SSSR count). The van der Waals surface area contributed by atoms with Crippen LogP contribution in [0.5, 0.6) is 0 Å². The van der Waals surface area contributed by atoms with Crippen LogP contribution in [0, 0.1) is 11.8 Å². The molecule has 2 aliphatic rings. The molecule has 0 atom stereocenters. The van der Waals surface area contributed by atoms with E-state index in [0.29, 0.717) is 43.6 Å². The monoisotopic (exact) mass is 426 g/mol. The van der Waals surface area contributed by atoms with Gasteiger partial charge in [-0.25, -0.2) is 4.79 Å². The van der Waals surface area contributed by atoms with Crippen LogP contribution >= 0.6 is 0 Å². The molecule has 8 nitrogen and oxygen atoms in total. The van der Waals surface area contributed by atoms with E-state index >= 15 is 0 Å². The second-order valence-corrected chi connectivity index (χ2v) is 8.82. The van der Waals surface area contributed by atoms with Gasteiger partial charge in [-0.1, -0.05) is 12.1 Å². The normalized spacial score (nSPS) is 22.0. The van der Waals surface area contributed by atoms with Gasteiger partial charge in [-0.05, 0) is 43.7 Å². The molecule has 1 aromatic carbocycles. The van der Waals surface area contributed by atoms with Crippen molar-refractivity contribution in [3.63, 3.8) is 0 Å². The second kappa shape index (κ2) is 8.69. The van der Waals surface area contributed by atoms with Crippen LogP contribution < -0.4 is 11.2 Å². The van der Waals surface area contributed by atoms with Crippen molar-refractivity contribution in [3.05, 3.63) is 45.1 Å². The Morgan fingerprint density at radius 1 is 0.935 bits per heavy atom. The zero-order valence-electron chi connectivity index (χ0n) is 18.2. The fourth-order valence-electron chi connectivity index (χ4n) is 4.97. The summed E-state index contributed by atoms with van der Waals surface area (Å²) in [6.07, 6.45) is 3.20. The molecule has 2 fully saturated rings. The molecule has 2 amide bonds. The standard InChI is InChI=1S/C23H30N4O4/c1-16(28)25-11-13-26(14-12-25)21(29)18-9-7-17(8-10-18)15-27-22(30)19-5-3-4-6-20(19)24(2)23(27)31/h3-6,17-18H,7-15H2,1-2H3. The Balaban J connectivity index is 1.39. The van der Waals surface area contributed by atoms with Crippen molar-refractivity contribution in [3.8, 4) is 0 Å². The average molecular weight is 427 g/mol. The van der Waals surface area contributed by atoms with E-state index in [0.717, 1.165) is 25.7 Å². The highest BCUT2D eigenvalue weighted by atomic mass is 16.2. The Morgan fingerprint density at radius 3 is 2.19 bits per heavy atom. The van der Waals surface area contributed by atoms with Gasteiger partial charge in [0.05, 0.1) is 10.9 Å². The number of hydrogen-bond donors (Lipinski definition) is 0. The summed E-state index contributed by atoms with van der Waals surface area (Å²) < 4.78 is 2.89. The maximum Gasteiger partial charge on any atom is 0.331 e. The fraction of sp³-hybridized carbons (Fsp3) is 0.565. The van der Waals surface area contributed by atoms with Crippen LogP contribution in [0.25, 0.3) is 10.9 Å². The summed E-state index contributed by atoms with van der Waals surface area (Å²) in [5.41, 5.74) is 0.124. The van der Waals surface area contributed by atoms with E-state index in [1.54, 1.807) is 31.0 Å². The highest BCUT2D eigenvalue weighted by Crippen LogP contribution is 2.31. The van der Waals surface area contributed by atoms with Gasteiger partial charge in [0, 0.05) is 52.6 Å². The van der Waals surface area contributed by atoms with Crippen molar-refractivity contribution in [2.75, 3.05) is 26.2 Å². The summed E-state index contributed by atoms with van der Waals surface area (Å²) in [6.45, 7) is 4.36. The van der Waals surface area contributed by atoms with E-state index in [1.165, 1.54) is 9.13 Å². The van der Waals surface area contributed by atoms with Crippen molar-refractivity contribution in [2.24, 2.45) is 18.9 Å². The maximum absolute atomic E-state index is 12.9. The molecule has 2 aromatic rings. The minimum absolute atomic E-state index is 0.00344. The van der Waals surface area contributed by atoms with Gasteiger partial charge in [0.1, 0.15) is 0 Å². The number of piperazine rings is 1. The van der Waals surface area contributed by atoms with Gasteiger partial charge in [-0.3, -0.25) is 23.5 Å². The molecular weight excluding hydrogens is 396 g/mol. The van der Waals surface area contributed by atoms with Crippen LogP contribution in [0.15, 0.2) is 33.9 Å². The van der Waals surface area contributed by atoms with Crippen LogP contribution in [0.1, 0.15) is 32.6 Å². The van der Waals surface area contributed by atoms with Crippen molar-refractivity contribution < 1.29 is 9.59 Å². The first-order valence-corrected chi connectivity index (χ1v) is 11.1. The average Bonchev–Trinajstić information content (AvgIpc) is 2.80. The highest BCUT2D eigenvalue weighted by Gasteiger charge is 2.32. The van der Waals surface area contributed by atoms with E-state index < -0.39 is 0 Å². The SMILES string of the molecule is CC(=O)N1CCN(C(=O)C2CCC(Cn3c(=O)c4ccccc4n(C)c3=O)CC2)CC1. The Morgan fingerprint density at radius 2 is 1.55 bits per heavy atom. The Bertz CT molecular complexity index is 1100. The van der Waals surface area contributed by atoms with Crippen LogP contribution in [0.3, 0.4) is 0 Å². The zero-order chi connectivity index (χ0) is 22.1. The highest BCUT2D eigenvalue weighted by molar-refractivity contribution is 5.80. The molecule has 2 heterocycles. The first kappa shape index (κ1) is 21.3.